The van der Waals surface area contributed by atoms with Crippen LogP contribution in [0.3, 0.4) is 0 Å². The number of nitrogens with zero attached hydrogens (tertiary/aromatic N) is 2. The van der Waals surface area contributed by atoms with Crippen LogP contribution in [-0.2, 0) is 4.79 Å². The summed E-state index contributed by atoms with van der Waals surface area (Å²) in [6, 6.07) is 4.21. The summed E-state index contributed by atoms with van der Waals surface area (Å²) in [5.74, 6) is 5.54. The number of aliphatic hydroxyl groups is 1. The highest BCUT2D eigenvalue weighted by Crippen LogP contribution is 2.72. The van der Waals surface area contributed by atoms with Gasteiger partial charge in [0.05, 0.1) is 28.9 Å². The molecule has 3 heterocycles. The molecule has 49 heavy (non-hydrogen) atoms. The van der Waals surface area contributed by atoms with Crippen molar-refractivity contribution < 1.29 is 9.90 Å². The van der Waals surface area contributed by atoms with Gasteiger partial charge in [0.15, 0.2) is 0 Å². The number of thiophene rings is 1. The molecule has 6 aliphatic rings. The minimum atomic E-state index is -0.0925. The molecule has 8 rings (SSSR count). The zero-order valence-electron chi connectivity index (χ0n) is 32.3. The second-order valence-electron chi connectivity index (χ2n) is 17.6. The number of hydrogen-bond acceptors (Lipinski definition) is 4. The number of aliphatic hydroxyl groups excluding tert-OH is 1. The molecule has 1 saturated heterocycles. The van der Waals surface area contributed by atoms with Crippen LogP contribution >= 0.6 is 11.3 Å². The van der Waals surface area contributed by atoms with E-state index in [1.165, 1.54) is 69.1 Å². The molecular weight excluding hydrogens is 623 g/mol. The summed E-state index contributed by atoms with van der Waals surface area (Å²) in [4.78, 5) is 21.6. The van der Waals surface area contributed by atoms with E-state index in [1.807, 2.05) is 43.3 Å². The normalized spacial score (nSPS) is 39.9. The molecule has 5 saturated carbocycles. The van der Waals surface area contributed by atoms with E-state index in [-0.39, 0.29) is 17.6 Å². The Labute approximate surface area is 303 Å². The van der Waals surface area contributed by atoms with Crippen molar-refractivity contribution in [2.45, 2.75) is 151 Å². The van der Waals surface area contributed by atoms with E-state index in [2.05, 4.69) is 57.2 Å². The molecule has 0 aromatic carbocycles. The van der Waals surface area contributed by atoms with Crippen LogP contribution in [0.5, 0.6) is 0 Å². The van der Waals surface area contributed by atoms with Crippen LogP contribution in [0.2, 0.25) is 0 Å². The standard InChI is InChI=1S/C26H44O.C12H13N3OS.C3H6.C2H6/c1-23(2)20-11-15-25(4)19-10-14-24(3)13-6-7-18(24)17(19)8-9-21(25)26(20,5)16-12-22(23)27;16-8-15-5-1-3-10(15)12-13-7-9(14-12)11-4-2-6-17-11;1-3-2;1-2/h17-22,27H,6-16H2,1-5H3;2,4,6-8,10H,1,3,5H2,(H,13,14);3H,1H2,2H3;1-2H3. The number of carbonyl (C=O) groups is 1. The van der Waals surface area contributed by atoms with Gasteiger partial charge in [-0.1, -0.05) is 67.0 Å². The molecule has 10 atom stereocenters. The SMILES string of the molecule is C=CC.CC.CC12CCCC1C1CCC3C(C)(CCC4C(C)(C)C(O)CCC43C)C1CC2.O=CN1CCCC1c1ncc(-c2cccs2)[nH]1. The van der Waals surface area contributed by atoms with Gasteiger partial charge >= 0.3 is 0 Å². The molecule has 6 fully saturated rings. The van der Waals surface area contributed by atoms with E-state index in [0.29, 0.717) is 22.2 Å². The molecule has 5 aliphatic carbocycles. The van der Waals surface area contributed by atoms with Gasteiger partial charge in [-0.15, -0.1) is 17.9 Å². The number of H-pyrrole nitrogens is 1. The largest absolute Gasteiger partial charge is 0.393 e. The first-order valence-corrected chi connectivity index (χ1v) is 20.9. The number of nitrogens with one attached hydrogen (secondary N) is 1. The fourth-order valence-corrected chi connectivity index (χ4v) is 13.5. The molecule has 0 bridgehead atoms. The molecule has 0 spiro atoms. The van der Waals surface area contributed by atoms with E-state index in [9.17, 15) is 9.90 Å². The summed E-state index contributed by atoms with van der Waals surface area (Å²) in [5.41, 5.74) is 2.84. The lowest BCUT2D eigenvalue weighted by atomic mass is 9.36. The molecule has 2 N–H and O–H groups in total. The van der Waals surface area contributed by atoms with Crippen molar-refractivity contribution in [3.05, 3.63) is 42.2 Å². The Balaban J connectivity index is 0.000000183. The summed E-state index contributed by atoms with van der Waals surface area (Å²) in [7, 11) is 0. The fraction of sp³-hybridized carbons (Fsp3) is 0.767. The number of allylic oxidation sites excluding steroid dienone is 1. The number of aromatic amines is 1. The van der Waals surface area contributed by atoms with Crippen molar-refractivity contribution in [1.82, 2.24) is 14.9 Å². The Hall–Kier alpha value is -1.92. The molecule has 1 amide bonds. The minimum Gasteiger partial charge on any atom is -0.393 e. The van der Waals surface area contributed by atoms with Gasteiger partial charge in [0.25, 0.3) is 0 Å². The van der Waals surface area contributed by atoms with Crippen LogP contribution in [0.15, 0.2) is 36.4 Å². The second-order valence-corrected chi connectivity index (χ2v) is 18.6. The third-order valence-corrected chi connectivity index (χ3v) is 16.0. The molecule has 5 nitrogen and oxygen atoms in total. The van der Waals surface area contributed by atoms with Gasteiger partial charge in [0, 0.05) is 6.54 Å². The molecule has 2 aromatic heterocycles. The summed E-state index contributed by atoms with van der Waals surface area (Å²) < 4.78 is 0. The summed E-state index contributed by atoms with van der Waals surface area (Å²) >= 11 is 1.68. The molecule has 0 radical (unpaired) electrons. The van der Waals surface area contributed by atoms with E-state index < -0.39 is 0 Å². The number of amides is 1. The van der Waals surface area contributed by atoms with Crippen molar-refractivity contribution in [3.8, 4) is 10.6 Å². The zero-order valence-corrected chi connectivity index (χ0v) is 33.1. The Morgan fingerprint density at radius 1 is 0.918 bits per heavy atom. The Morgan fingerprint density at radius 2 is 1.65 bits per heavy atom. The summed E-state index contributed by atoms with van der Waals surface area (Å²) in [6.07, 6.45) is 22.1. The van der Waals surface area contributed by atoms with Crippen molar-refractivity contribution in [1.29, 1.82) is 0 Å². The van der Waals surface area contributed by atoms with Gasteiger partial charge < -0.3 is 15.0 Å². The van der Waals surface area contributed by atoms with Crippen molar-refractivity contribution in [2.24, 2.45) is 51.2 Å². The van der Waals surface area contributed by atoms with Crippen LogP contribution in [0.1, 0.15) is 151 Å². The Bertz CT molecular complexity index is 1370. The van der Waals surface area contributed by atoms with Gasteiger partial charge in [-0.2, -0.15) is 0 Å². The van der Waals surface area contributed by atoms with Crippen LogP contribution in [0, 0.1) is 51.2 Å². The number of imidazole rings is 1. The summed E-state index contributed by atoms with van der Waals surface area (Å²) in [6.45, 7) is 22.8. The lowest BCUT2D eigenvalue weighted by molar-refractivity contribution is -0.213. The van der Waals surface area contributed by atoms with Gasteiger partial charge in [0.2, 0.25) is 6.41 Å². The predicted molar refractivity (Wildman–Crippen MR) is 206 cm³/mol. The monoisotopic (exact) mass is 692 g/mol. The molecular formula is C43H69N3O2S. The predicted octanol–water partition coefficient (Wildman–Crippen LogP) is 11.5. The molecule has 274 valence electrons. The highest BCUT2D eigenvalue weighted by molar-refractivity contribution is 7.13. The highest BCUT2D eigenvalue weighted by atomic mass is 32.1. The first-order valence-electron chi connectivity index (χ1n) is 20.0. The molecule has 2 aromatic rings. The van der Waals surface area contributed by atoms with Gasteiger partial charge in [-0.25, -0.2) is 4.98 Å². The van der Waals surface area contributed by atoms with Crippen LogP contribution < -0.4 is 0 Å². The molecule has 1 aliphatic heterocycles. The summed E-state index contributed by atoms with van der Waals surface area (Å²) in [5, 5.41) is 12.8. The van der Waals surface area contributed by atoms with E-state index in [0.717, 1.165) is 67.4 Å². The average molecular weight is 692 g/mol. The third-order valence-electron chi connectivity index (χ3n) is 15.1. The topological polar surface area (TPSA) is 69.2 Å². The van der Waals surface area contributed by atoms with Gasteiger partial charge in [0.1, 0.15) is 5.82 Å². The van der Waals surface area contributed by atoms with Crippen LogP contribution in [-0.4, -0.2) is 39.0 Å². The average Bonchev–Trinajstić information content (AvgIpc) is 3.91. The number of carbonyl (C=O) groups excluding carboxylic acids is 1. The third kappa shape index (κ3) is 6.88. The van der Waals surface area contributed by atoms with Gasteiger partial charge in [-0.05, 0) is 147 Å². The number of hydrogen-bond donors (Lipinski definition) is 2. The highest BCUT2D eigenvalue weighted by Gasteiger charge is 2.65. The zero-order chi connectivity index (χ0) is 35.6. The van der Waals surface area contributed by atoms with Crippen molar-refractivity contribution in [2.75, 3.05) is 6.54 Å². The molecule has 6 heteroatoms. The lowest BCUT2D eigenvalue weighted by Gasteiger charge is -2.69. The number of likely N-dealkylation sites (tertiary alicyclic amines) is 1. The maximum absolute atomic E-state index is 10.9. The van der Waals surface area contributed by atoms with Crippen LogP contribution in [0.25, 0.3) is 10.6 Å². The fourth-order valence-electron chi connectivity index (χ4n) is 12.8. The maximum atomic E-state index is 10.9. The second kappa shape index (κ2) is 15.4. The first kappa shape index (κ1) is 38.3. The quantitative estimate of drug-likeness (QED) is 0.249. The van der Waals surface area contributed by atoms with E-state index in [4.69, 9.17) is 0 Å². The number of fused-ring (bicyclic) bond motifs is 7. The number of rotatable bonds is 3. The van der Waals surface area contributed by atoms with E-state index in [1.54, 1.807) is 17.4 Å². The Morgan fingerprint density at radius 3 is 2.35 bits per heavy atom. The number of aromatic nitrogens is 2. The minimum absolute atomic E-state index is 0.0925. The first-order chi connectivity index (χ1) is 23.4. The lowest BCUT2D eigenvalue weighted by Crippen LogP contribution is -2.63. The van der Waals surface area contributed by atoms with E-state index >= 15 is 0 Å². The van der Waals surface area contributed by atoms with Crippen LogP contribution in [0.4, 0.5) is 0 Å². The van der Waals surface area contributed by atoms with Crippen molar-refractivity contribution in [3.63, 3.8) is 0 Å². The molecule has 10 unspecified atom stereocenters. The Kier molecular flexibility index (Phi) is 12.0. The van der Waals surface area contributed by atoms with Crippen molar-refractivity contribution >= 4 is 17.7 Å². The smallest absolute Gasteiger partial charge is 0.210 e. The maximum Gasteiger partial charge on any atom is 0.210 e. The van der Waals surface area contributed by atoms with Gasteiger partial charge in [-0.3, -0.25) is 4.79 Å².